The molecule has 1 amide bonds. The van der Waals surface area contributed by atoms with E-state index in [4.69, 9.17) is 16.0 Å². The quantitative estimate of drug-likeness (QED) is 0.521. The Bertz CT molecular complexity index is 1190. The number of hydrogen-bond acceptors (Lipinski definition) is 4. The van der Waals surface area contributed by atoms with Gasteiger partial charge in [0, 0.05) is 5.56 Å². The van der Waals surface area contributed by atoms with Crippen molar-refractivity contribution < 1.29 is 14.3 Å². The molecule has 2 atom stereocenters. The summed E-state index contributed by atoms with van der Waals surface area (Å²) in [5.74, 6) is 7.19. The summed E-state index contributed by atoms with van der Waals surface area (Å²) in [6, 6.07) is 18.2. The van der Waals surface area contributed by atoms with Gasteiger partial charge < -0.3 is 19.6 Å². The highest BCUT2D eigenvalue weighted by atomic mass is 16.6. The summed E-state index contributed by atoms with van der Waals surface area (Å²) >= 11 is 0. The van der Waals surface area contributed by atoms with Crippen LogP contribution in [0.4, 0.5) is 10.6 Å². The van der Waals surface area contributed by atoms with Gasteiger partial charge in [-0.15, -0.1) is 4.98 Å². The third kappa shape index (κ3) is 4.09. The molecular formula is C24H17N3O3. The van der Waals surface area contributed by atoms with Gasteiger partial charge in [0.25, 0.3) is 5.82 Å². The molecule has 2 heterocycles. The molecule has 1 fully saturated rings. The molecule has 1 aliphatic heterocycles. The predicted octanol–water partition coefficient (Wildman–Crippen LogP) is 4.56. The first kappa shape index (κ1) is 19.0. The molecule has 1 aliphatic rings. The zero-order chi connectivity index (χ0) is 20.9. The van der Waals surface area contributed by atoms with Gasteiger partial charge in [0.2, 0.25) is 0 Å². The number of cyclic esters (lactones) is 1. The number of carbonyl (C=O) groups excluding carboxylic acids is 1. The summed E-state index contributed by atoms with van der Waals surface area (Å²) in [4.78, 5) is 19.3. The number of nitrogens with one attached hydrogen (secondary N) is 1. The number of alkyl carbamates (subject to hydrolysis) is 1. The first-order valence-corrected chi connectivity index (χ1v) is 9.23. The molecule has 0 spiro atoms. The average Bonchev–Trinajstić information content (AvgIpc) is 3.20. The Labute approximate surface area is 174 Å². The number of pyridine rings is 1. The van der Waals surface area contributed by atoms with Crippen molar-refractivity contribution in [1.29, 1.82) is 0 Å². The lowest BCUT2D eigenvalue weighted by molar-refractivity contribution is 0.132. The second-order valence-corrected chi connectivity index (χ2v) is 6.62. The number of amides is 1. The number of hydrogen-bond donors (Lipinski definition) is 1. The fourth-order valence-electron chi connectivity index (χ4n) is 3.24. The molecule has 0 saturated carbocycles. The molecule has 0 aliphatic carbocycles. The summed E-state index contributed by atoms with van der Waals surface area (Å²) in [5.41, 5.74) is 3.26. The van der Waals surface area contributed by atoms with Gasteiger partial charge in [0.1, 0.15) is 11.9 Å². The Kier molecular flexibility index (Phi) is 5.32. The van der Waals surface area contributed by atoms with Crippen molar-refractivity contribution >= 4 is 11.9 Å². The minimum atomic E-state index is -0.471. The molecule has 3 aromatic rings. The van der Waals surface area contributed by atoms with Crippen LogP contribution >= 0.6 is 0 Å². The lowest BCUT2D eigenvalue weighted by Gasteiger charge is -2.18. The molecule has 4 rings (SSSR count). The van der Waals surface area contributed by atoms with Gasteiger partial charge in [-0.3, -0.25) is 0 Å². The molecule has 2 aromatic carbocycles. The first-order valence-electron chi connectivity index (χ1n) is 9.23. The Morgan fingerprint density at radius 3 is 2.63 bits per heavy atom. The van der Waals surface area contributed by atoms with Crippen LogP contribution in [0.5, 0.6) is 5.75 Å². The fraction of sp³-hybridized carbons (Fsp3) is 0.125. The van der Waals surface area contributed by atoms with Crippen LogP contribution in [0.2, 0.25) is 0 Å². The maximum absolute atomic E-state index is 12.0. The average molecular weight is 395 g/mol. The van der Waals surface area contributed by atoms with Crippen LogP contribution in [0.1, 0.15) is 34.4 Å². The van der Waals surface area contributed by atoms with Gasteiger partial charge in [-0.1, -0.05) is 48.7 Å². The van der Waals surface area contributed by atoms with E-state index in [0.29, 0.717) is 11.6 Å². The van der Waals surface area contributed by atoms with Gasteiger partial charge >= 0.3 is 6.09 Å². The number of aromatic nitrogens is 1. The highest BCUT2D eigenvalue weighted by Crippen LogP contribution is 2.37. The largest absolute Gasteiger partial charge is 0.497 e. The minimum Gasteiger partial charge on any atom is -0.497 e. The monoisotopic (exact) mass is 395 g/mol. The van der Waals surface area contributed by atoms with E-state index in [1.807, 2.05) is 48.5 Å². The minimum absolute atomic E-state index is 0.336. The smallest absolute Gasteiger partial charge is 0.408 e. The maximum atomic E-state index is 12.0. The number of rotatable bonds is 3. The highest BCUT2D eigenvalue weighted by molar-refractivity contribution is 5.71. The zero-order valence-electron chi connectivity index (χ0n) is 16.1. The van der Waals surface area contributed by atoms with E-state index in [2.05, 4.69) is 27.0 Å². The van der Waals surface area contributed by atoms with Gasteiger partial charge in [-0.2, -0.15) is 0 Å². The molecule has 0 radical (unpaired) electrons. The van der Waals surface area contributed by atoms with E-state index in [9.17, 15) is 4.79 Å². The van der Waals surface area contributed by atoms with E-state index < -0.39 is 12.2 Å². The van der Waals surface area contributed by atoms with Crippen LogP contribution in [0, 0.1) is 18.4 Å². The fourth-order valence-corrected chi connectivity index (χ4v) is 3.24. The van der Waals surface area contributed by atoms with E-state index in [1.165, 1.54) is 0 Å². The van der Waals surface area contributed by atoms with Gasteiger partial charge in [0.05, 0.1) is 18.7 Å². The molecule has 0 unspecified atom stereocenters. The van der Waals surface area contributed by atoms with Crippen molar-refractivity contribution in [2.24, 2.45) is 0 Å². The van der Waals surface area contributed by atoms with Crippen molar-refractivity contribution in [2.45, 2.75) is 12.1 Å². The van der Waals surface area contributed by atoms with Crippen molar-refractivity contribution in [3.63, 3.8) is 0 Å². The molecule has 146 valence electrons. The van der Waals surface area contributed by atoms with E-state index in [0.717, 1.165) is 22.3 Å². The molecule has 0 bridgehead atoms. The molecule has 1 N–H and O–H groups in total. The number of methoxy groups -OCH3 is 1. The van der Waals surface area contributed by atoms with Crippen LogP contribution < -0.4 is 10.1 Å². The zero-order valence-corrected chi connectivity index (χ0v) is 16.1. The number of ether oxygens (including phenoxy) is 2. The molecule has 1 saturated heterocycles. The van der Waals surface area contributed by atoms with Crippen LogP contribution in [-0.2, 0) is 4.74 Å². The summed E-state index contributed by atoms with van der Waals surface area (Å²) < 4.78 is 10.8. The van der Waals surface area contributed by atoms with Crippen LogP contribution in [0.25, 0.3) is 4.85 Å². The normalized spacial score (nSPS) is 17.1. The Morgan fingerprint density at radius 1 is 1.07 bits per heavy atom. The standard InChI is InChI=1S/C24H17N3O3/c1-25-21-12-11-17(15-26-21)10-9-16-5-3-6-18(13-16)22-23(30-24(28)27-22)19-7-4-8-20(14-19)29-2/h3-8,11-15,22-23H,2H3,(H,27,28)/t22-,23-/m1/s1. The number of carbonyl (C=O) groups is 1. The van der Waals surface area contributed by atoms with Crippen molar-refractivity contribution in [2.75, 3.05) is 7.11 Å². The lowest BCUT2D eigenvalue weighted by atomic mass is 9.95. The van der Waals surface area contributed by atoms with Gasteiger partial charge in [0.15, 0.2) is 6.10 Å². The topological polar surface area (TPSA) is 64.8 Å². The second kappa shape index (κ2) is 8.38. The molecule has 30 heavy (non-hydrogen) atoms. The Hall–Kier alpha value is -4.29. The maximum Gasteiger partial charge on any atom is 0.408 e. The van der Waals surface area contributed by atoms with Crippen molar-refractivity contribution in [1.82, 2.24) is 10.3 Å². The Morgan fingerprint density at radius 2 is 1.87 bits per heavy atom. The van der Waals surface area contributed by atoms with Crippen LogP contribution in [-0.4, -0.2) is 18.2 Å². The van der Waals surface area contributed by atoms with Crippen molar-refractivity contribution in [3.05, 3.63) is 101 Å². The van der Waals surface area contributed by atoms with Crippen LogP contribution in [0.3, 0.4) is 0 Å². The predicted molar refractivity (Wildman–Crippen MR) is 111 cm³/mol. The van der Waals surface area contributed by atoms with Gasteiger partial charge in [-0.05, 0) is 41.5 Å². The molecule has 1 aromatic heterocycles. The second-order valence-electron chi connectivity index (χ2n) is 6.62. The van der Waals surface area contributed by atoms with Gasteiger partial charge in [-0.25, -0.2) is 4.79 Å². The summed E-state index contributed by atoms with van der Waals surface area (Å²) in [7, 11) is 1.60. The van der Waals surface area contributed by atoms with E-state index in [1.54, 1.807) is 25.4 Å². The summed E-state index contributed by atoms with van der Waals surface area (Å²) in [5, 5.41) is 2.88. The SMILES string of the molecule is [C-]#[N+]c1ccc(C#Cc2cccc([C@H]3NC(=O)O[C@@H]3c3cccc(OC)c3)c2)cn1. The third-order valence-electron chi connectivity index (χ3n) is 4.69. The highest BCUT2D eigenvalue weighted by Gasteiger charge is 2.36. The molecule has 6 heteroatoms. The summed E-state index contributed by atoms with van der Waals surface area (Å²) in [6.45, 7) is 6.95. The number of nitrogens with zero attached hydrogens (tertiary/aromatic N) is 2. The molecule has 6 nitrogen and oxygen atoms in total. The first-order chi connectivity index (χ1) is 14.7. The summed E-state index contributed by atoms with van der Waals surface area (Å²) in [6.07, 6.45) is 0.644. The molecular weight excluding hydrogens is 378 g/mol. The van der Waals surface area contributed by atoms with E-state index >= 15 is 0 Å². The van der Waals surface area contributed by atoms with Crippen LogP contribution in [0.15, 0.2) is 66.9 Å². The third-order valence-corrected chi connectivity index (χ3v) is 4.69. The lowest BCUT2D eigenvalue weighted by Crippen LogP contribution is -2.19. The Balaban J connectivity index is 1.61. The van der Waals surface area contributed by atoms with Crippen molar-refractivity contribution in [3.8, 4) is 17.6 Å². The van der Waals surface area contributed by atoms with E-state index in [-0.39, 0.29) is 6.04 Å². The number of benzene rings is 2.